The SMILES string of the molecule is Cc1nn(C)c(C)c1C(=O)NCC(O)c1ccc(-c2cccs2)cc1. The molecule has 2 heterocycles. The molecule has 0 saturated carbocycles. The molecule has 0 fully saturated rings. The first-order valence-corrected chi connectivity index (χ1v) is 8.95. The molecule has 0 spiro atoms. The lowest BCUT2D eigenvalue weighted by Gasteiger charge is -2.13. The van der Waals surface area contributed by atoms with E-state index < -0.39 is 6.10 Å². The van der Waals surface area contributed by atoms with Crippen molar-refractivity contribution >= 4 is 17.2 Å². The van der Waals surface area contributed by atoms with Crippen LogP contribution in [0, 0.1) is 13.8 Å². The van der Waals surface area contributed by atoms with Gasteiger partial charge in [-0.05, 0) is 36.4 Å². The molecule has 1 unspecified atom stereocenters. The van der Waals surface area contributed by atoms with Gasteiger partial charge in [-0.15, -0.1) is 11.3 Å². The zero-order valence-electron chi connectivity index (χ0n) is 14.5. The summed E-state index contributed by atoms with van der Waals surface area (Å²) >= 11 is 1.68. The van der Waals surface area contributed by atoms with Crippen LogP contribution in [0.2, 0.25) is 0 Å². The Morgan fingerprint density at radius 3 is 2.56 bits per heavy atom. The summed E-state index contributed by atoms with van der Waals surface area (Å²) in [5.41, 5.74) is 3.97. The predicted octanol–water partition coefficient (Wildman–Crippen LogP) is 3.23. The molecule has 0 saturated heterocycles. The Kier molecular flexibility index (Phi) is 5.01. The standard InChI is InChI=1S/C19H21N3O2S/c1-12-18(13(2)22(3)21-12)19(24)20-11-16(23)14-6-8-15(9-7-14)17-5-4-10-25-17/h4-10,16,23H,11H2,1-3H3,(H,20,24). The number of aromatic nitrogens is 2. The van der Waals surface area contributed by atoms with Crippen molar-refractivity contribution in [1.29, 1.82) is 0 Å². The molecule has 2 aromatic heterocycles. The fourth-order valence-electron chi connectivity index (χ4n) is 2.81. The first-order chi connectivity index (χ1) is 12.0. The highest BCUT2D eigenvalue weighted by molar-refractivity contribution is 7.13. The number of nitrogens with one attached hydrogen (secondary N) is 1. The van der Waals surface area contributed by atoms with Crippen molar-refractivity contribution in [2.75, 3.05) is 6.54 Å². The molecule has 0 aliphatic rings. The number of rotatable bonds is 5. The minimum Gasteiger partial charge on any atom is -0.387 e. The van der Waals surface area contributed by atoms with E-state index in [0.29, 0.717) is 11.3 Å². The molecule has 3 rings (SSSR count). The van der Waals surface area contributed by atoms with Gasteiger partial charge in [-0.1, -0.05) is 30.3 Å². The average molecular weight is 355 g/mol. The topological polar surface area (TPSA) is 67.2 Å². The van der Waals surface area contributed by atoms with E-state index >= 15 is 0 Å². The summed E-state index contributed by atoms with van der Waals surface area (Å²) in [6.07, 6.45) is -0.751. The molecule has 0 radical (unpaired) electrons. The summed E-state index contributed by atoms with van der Waals surface area (Å²) in [6.45, 7) is 3.82. The Hall–Kier alpha value is -2.44. The van der Waals surface area contributed by atoms with E-state index in [-0.39, 0.29) is 12.5 Å². The molecule has 2 N–H and O–H groups in total. The Labute approximate surface area is 150 Å². The van der Waals surface area contributed by atoms with Crippen LogP contribution >= 0.6 is 11.3 Å². The molecule has 1 atom stereocenters. The summed E-state index contributed by atoms with van der Waals surface area (Å²) < 4.78 is 1.68. The Bertz CT molecular complexity index is 867. The largest absolute Gasteiger partial charge is 0.387 e. The Morgan fingerprint density at radius 2 is 2.00 bits per heavy atom. The monoisotopic (exact) mass is 355 g/mol. The van der Waals surface area contributed by atoms with Gasteiger partial charge in [-0.2, -0.15) is 5.10 Å². The van der Waals surface area contributed by atoms with Crippen molar-refractivity contribution in [3.05, 3.63) is 64.3 Å². The van der Waals surface area contributed by atoms with E-state index in [4.69, 9.17) is 0 Å². The van der Waals surface area contributed by atoms with Gasteiger partial charge < -0.3 is 10.4 Å². The van der Waals surface area contributed by atoms with E-state index in [2.05, 4.69) is 16.5 Å². The van der Waals surface area contributed by atoms with Crippen molar-refractivity contribution in [3.8, 4) is 10.4 Å². The van der Waals surface area contributed by atoms with Gasteiger partial charge >= 0.3 is 0 Å². The predicted molar refractivity (Wildman–Crippen MR) is 99.7 cm³/mol. The molecule has 130 valence electrons. The van der Waals surface area contributed by atoms with Crippen molar-refractivity contribution < 1.29 is 9.90 Å². The van der Waals surface area contributed by atoms with Gasteiger partial charge in [-0.25, -0.2) is 0 Å². The number of aryl methyl sites for hydroxylation is 2. The maximum Gasteiger partial charge on any atom is 0.255 e. The minimum atomic E-state index is -0.751. The lowest BCUT2D eigenvalue weighted by molar-refractivity contribution is 0.0915. The van der Waals surface area contributed by atoms with Crippen LogP contribution in [0.15, 0.2) is 41.8 Å². The highest BCUT2D eigenvalue weighted by Gasteiger charge is 2.18. The van der Waals surface area contributed by atoms with Crippen LogP contribution in [0.3, 0.4) is 0 Å². The van der Waals surface area contributed by atoms with Crippen molar-refractivity contribution in [3.63, 3.8) is 0 Å². The highest BCUT2D eigenvalue weighted by Crippen LogP contribution is 2.26. The first-order valence-electron chi connectivity index (χ1n) is 8.07. The van der Waals surface area contributed by atoms with Crippen LogP contribution in [0.4, 0.5) is 0 Å². The van der Waals surface area contributed by atoms with E-state index in [1.165, 1.54) is 4.88 Å². The van der Waals surface area contributed by atoms with Crippen LogP contribution in [0.25, 0.3) is 10.4 Å². The second kappa shape index (κ2) is 7.21. The van der Waals surface area contributed by atoms with Crippen molar-refractivity contribution in [1.82, 2.24) is 15.1 Å². The summed E-state index contributed by atoms with van der Waals surface area (Å²) in [4.78, 5) is 13.6. The number of aliphatic hydroxyl groups excluding tert-OH is 1. The molecular weight excluding hydrogens is 334 g/mol. The van der Waals surface area contributed by atoms with Crippen LogP contribution in [0.5, 0.6) is 0 Å². The smallest absolute Gasteiger partial charge is 0.255 e. The third-order valence-electron chi connectivity index (χ3n) is 4.29. The fourth-order valence-corrected chi connectivity index (χ4v) is 3.54. The number of benzene rings is 1. The van der Waals surface area contributed by atoms with Crippen LogP contribution in [0.1, 0.15) is 33.4 Å². The number of carbonyl (C=O) groups excluding carboxylic acids is 1. The van der Waals surface area contributed by atoms with Crippen LogP contribution < -0.4 is 5.32 Å². The summed E-state index contributed by atoms with van der Waals surface area (Å²) in [6, 6.07) is 11.8. The molecule has 1 amide bonds. The number of nitrogens with zero attached hydrogens (tertiary/aromatic N) is 2. The molecule has 1 aromatic carbocycles. The minimum absolute atomic E-state index is 0.158. The highest BCUT2D eigenvalue weighted by atomic mass is 32.1. The number of aliphatic hydroxyl groups is 1. The molecule has 0 aliphatic heterocycles. The summed E-state index contributed by atoms with van der Waals surface area (Å²) in [5.74, 6) is -0.211. The fraction of sp³-hybridized carbons (Fsp3) is 0.263. The molecule has 0 aliphatic carbocycles. The zero-order valence-corrected chi connectivity index (χ0v) is 15.3. The lowest BCUT2D eigenvalue weighted by Crippen LogP contribution is -2.29. The average Bonchev–Trinajstić information content (AvgIpc) is 3.22. The Balaban J connectivity index is 1.64. The first kappa shape index (κ1) is 17.4. The van der Waals surface area contributed by atoms with E-state index in [9.17, 15) is 9.90 Å². The van der Waals surface area contributed by atoms with E-state index in [1.54, 1.807) is 16.0 Å². The third kappa shape index (κ3) is 3.65. The van der Waals surface area contributed by atoms with Crippen LogP contribution in [-0.4, -0.2) is 27.3 Å². The van der Waals surface area contributed by atoms with Gasteiger partial charge in [0.15, 0.2) is 0 Å². The van der Waals surface area contributed by atoms with Gasteiger partial charge in [0.2, 0.25) is 0 Å². The summed E-state index contributed by atoms with van der Waals surface area (Å²) in [7, 11) is 1.81. The second-order valence-electron chi connectivity index (χ2n) is 5.99. The molecule has 0 bridgehead atoms. The van der Waals surface area contributed by atoms with E-state index in [0.717, 1.165) is 16.8 Å². The molecule has 5 nitrogen and oxygen atoms in total. The maximum absolute atomic E-state index is 12.4. The summed E-state index contributed by atoms with van der Waals surface area (Å²) in [5, 5.41) is 19.4. The van der Waals surface area contributed by atoms with Crippen LogP contribution in [-0.2, 0) is 7.05 Å². The van der Waals surface area contributed by atoms with E-state index in [1.807, 2.05) is 56.6 Å². The zero-order chi connectivity index (χ0) is 18.0. The lowest BCUT2D eigenvalue weighted by atomic mass is 10.1. The maximum atomic E-state index is 12.4. The quantitative estimate of drug-likeness (QED) is 0.738. The van der Waals surface area contributed by atoms with Crippen molar-refractivity contribution in [2.24, 2.45) is 7.05 Å². The molecular formula is C19H21N3O2S. The number of hydrogen-bond donors (Lipinski definition) is 2. The molecule has 6 heteroatoms. The van der Waals surface area contributed by atoms with Crippen molar-refractivity contribution in [2.45, 2.75) is 20.0 Å². The Morgan fingerprint density at radius 1 is 1.28 bits per heavy atom. The number of thiophene rings is 1. The number of carbonyl (C=O) groups is 1. The number of hydrogen-bond acceptors (Lipinski definition) is 4. The molecule has 25 heavy (non-hydrogen) atoms. The van der Waals surface area contributed by atoms with Gasteiger partial charge in [0.05, 0.1) is 17.4 Å². The molecule has 3 aromatic rings. The van der Waals surface area contributed by atoms with Gasteiger partial charge in [0, 0.05) is 24.2 Å². The van der Waals surface area contributed by atoms with Gasteiger partial charge in [-0.3, -0.25) is 9.48 Å². The second-order valence-corrected chi connectivity index (χ2v) is 6.94. The normalized spacial score (nSPS) is 12.2. The van der Waals surface area contributed by atoms with Gasteiger partial charge in [0.25, 0.3) is 5.91 Å². The number of amides is 1. The third-order valence-corrected chi connectivity index (χ3v) is 5.21. The van der Waals surface area contributed by atoms with Gasteiger partial charge in [0.1, 0.15) is 0 Å².